The molecule has 6 nitrogen and oxygen atoms in total. The maximum absolute atomic E-state index is 12.4. The van der Waals surface area contributed by atoms with E-state index < -0.39 is 11.7 Å². The van der Waals surface area contributed by atoms with E-state index in [4.69, 9.17) is 9.47 Å². The quantitative estimate of drug-likeness (QED) is 0.817. The molecule has 0 unspecified atom stereocenters. The van der Waals surface area contributed by atoms with Gasteiger partial charge in [-0.3, -0.25) is 4.90 Å². The Hall–Kier alpha value is -1.96. The van der Waals surface area contributed by atoms with Crippen molar-refractivity contribution in [2.45, 2.75) is 39.3 Å². The minimum atomic E-state index is -0.527. The van der Waals surface area contributed by atoms with Crippen LogP contribution in [0, 0.1) is 6.92 Å². The Bertz CT molecular complexity index is 777. The molecule has 1 aromatic carbocycles. The van der Waals surface area contributed by atoms with Crippen LogP contribution in [0.4, 0.5) is 4.79 Å². The second kappa shape index (κ2) is 9.03. The highest BCUT2D eigenvalue weighted by Crippen LogP contribution is 2.28. The van der Waals surface area contributed by atoms with Crippen molar-refractivity contribution in [1.29, 1.82) is 0 Å². The highest BCUT2D eigenvalue weighted by Gasteiger charge is 2.23. The Morgan fingerprint density at radius 3 is 2.54 bits per heavy atom. The monoisotopic (exact) mass is 403 g/mol. The average Bonchev–Trinajstić information content (AvgIpc) is 3.07. The van der Waals surface area contributed by atoms with Crippen molar-refractivity contribution < 1.29 is 14.3 Å². The van der Waals surface area contributed by atoms with E-state index in [9.17, 15) is 4.79 Å². The van der Waals surface area contributed by atoms with Gasteiger partial charge in [0.2, 0.25) is 0 Å². The number of aryl methyl sites for hydroxylation is 1. The number of morpholine rings is 1. The van der Waals surface area contributed by atoms with E-state index in [2.05, 4.69) is 39.5 Å². The van der Waals surface area contributed by atoms with E-state index in [1.165, 1.54) is 4.88 Å². The van der Waals surface area contributed by atoms with Gasteiger partial charge in [0.1, 0.15) is 5.60 Å². The van der Waals surface area contributed by atoms with Crippen molar-refractivity contribution in [1.82, 2.24) is 15.2 Å². The Morgan fingerprint density at radius 2 is 1.96 bits per heavy atom. The average molecular weight is 404 g/mol. The number of hydrogen-bond acceptors (Lipinski definition) is 6. The fourth-order valence-corrected chi connectivity index (χ4v) is 3.98. The van der Waals surface area contributed by atoms with Crippen molar-refractivity contribution in [3.05, 3.63) is 41.0 Å². The predicted molar refractivity (Wildman–Crippen MR) is 112 cm³/mol. The van der Waals surface area contributed by atoms with Gasteiger partial charge in [-0.2, -0.15) is 0 Å². The summed E-state index contributed by atoms with van der Waals surface area (Å²) in [5.74, 6) is 0. The van der Waals surface area contributed by atoms with Crippen LogP contribution in [-0.4, -0.2) is 54.4 Å². The molecule has 1 aromatic heterocycles. The van der Waals surface area contributed by atoms with Gasteiger partial charge >= 0.3 is 6.09 Å². The minimum Gasteiger partial charge on any atom is -0.444 e. The number of hydrogen-bond donors (Lipinski definition) is 1. The second-order valence-corrected chi connectivity index (χ2v) is 8.86. The van der Waals surface area contributed by atoms with Crippen LogP contribution in [-0.2, 0) is 9.47 Å². The van der Waals surface area contributed by atoms with Crippen LogP contribution in [0.3, 0.4) is 0 Å². The number of amides is 1. The van der Waals surface area contributed by atoms with Gasteiger partial charge in [-0.1, -0.05) is 24.3 Å². The van der Waals surface area contributed by atoms with Gasteiger partial charge in [0.25, 0.3) is 0 Å². The third-order valence-electron chi connectivity index (χ3n) is 4.56. The minimum absolute atomic E-state index is 0.149. The number of carbonyl (C=O) groups is 1. The number of benzene rings is 1. The first kappa shape index (κ1) is 20.8. The van der Waals surface area contributed by atoms with Gasteiger partial charge in [-0.05, 0) is 38.8 Å². The molecule has 7 heteroatoms. The zero-order chi connectivity index (χ0) is 20.1. The molecule has 1 atom stereocenters. The Kier molecular flexibility index (Phi) is 6.69. The number of nitrogens with one attached hydrogen (secondary N) is 1. The summed E-state index contributed by atoms with van der Waals surface area (Å²) in [7, 11) is 0. The first-order valence-corrected chi connectivity index (χ1v) is 10.5. The predicted octanol–water partition coefficient (Wildman–Crippen LogP) is 4.02. The molecule has 0 saturated carbocycles. The van der Waals surface area contributed by atoms with Gasteiger partial charge in [0.15, 0.2) is 0 Å². The summed E-state index contributed by atoms with van der Waals surface area (Å²) in [6.07, 6.45) is -0.395. The molecule has 2 heterocycles. The Morgan fingerprint density at radius 1 is 1.29 bits per heavy atom. The first-order valence-electron chi connectivity index (χ1n) is 9.62. The van der Waals surface area contributed by atoms with Gasteiger partial charge in [-0.15, -0.1) is 11.3 Å². The molecular formula is C21H29N3O3S. The third kappa shape index (κ3) is 5.77. The van der Waals surface area contributed by atoms with Crippen LogP contribution >= 0.6 is 11.3 Å². The molecule has 1 aliphatic heterocycles. The van der Waals surface area contributed by atoms with Gasteiger partial charge in [-0.25, -0.2) is 9.78 Å². The van der Waals surface area contributed by atoms with E-state index in [0.29, 0.717) is 0 Å². The molecule has 2 aromatic rings. The van der Waals surface area contributed by atoms with Crippen molar-refractivity contribution in [3.63, 3.8) is 0 Å². The number of alkyl carbamates (subject to hydrolysis) is 1. The second-order valence-electron chi connectivity index (χ2n) is 8.00. The third-order valence-corrected chi connectivity index (χ3v) is 5.53. The van der Waals surface area contributed by atoms with Crippen molar-refractivity contribution >= 4 is 17.4 Å². The highest BCUT2D eigenvalue weighted by atomic mass is 32.1. The summed E-state index contributed by atoms with van der Waals surface area (Å²) in [6.45, 7) is 11.5. The highest BCUT2D eigenvalue weighted by molar-refractivity contribution is 7.13. The smallest absolute Gasteiger partial charge is 0.408 e. The number of carbonyl (C=O) groups excluding carboxylic acids is 1. The normalized spacial score (nSPS) is 16.6. The van der Waals surface area contributed by atoms with Crippen molar-refractivity contribution in [3.8, 4) is 10.4 Å². The van der Waals surface area contributed by atoms with Gasteiger partial charge in [0, 0.05) is 19.6 Å². The maximum Gasteiger partial charge on any atom is 0.408 e. The lowest BCUT2D eigenvalue weighted by molar-refractivity contribution is 0.0288. The molecule has 1 aliphatic rings. The van der Waals surface area contributed by atoms with Crippen LogP contribution in [0.5, 0.6) is 0 Å². The number of thiazole rings is 1. The standard InChI is InChI=1S/C21H29N3O3S/c1-15-19(28-14-22-15)17-7-5-16(6-8-17)18(13-24-9-11-26-12-10-24)23-20(25)27-21(2,3)4/h5-8,14,18H,9-13H2,1-4H3,(H,23,25)/t18-/m0/s1. The molecule has 1 saturated heterocycles. The molecule has 3 rings (SSSR count). The summed E-state index contributed by atoms with van der Waals surface area (Å²) in [6, 6.07) is 8.20. The van der Waals surface area contributed by atoms with Crippen LogP contribution in [0.25, 0.3) is 10.4 Å². The SMILES string of the molecule is Cc1ncsc1-c1ccc([C@H](CN2CCOCC2)NC(=O)OC(C)(C)C)cc1. The fraction of sp³-hybridized carbons (Fsp3) is 0.524. The molecule has 28 heavy (non-hydrogen) atoms. The molecule has 152 valence electrons. The summed E-state index contributed by atoms with van der Waals surface area (Å²) >= 11 is 1.64. The summed E-state index contributed by atoms with van der Waals surface area (Å²) in [5, 5.41) is 3.05. The van der Waals surface area contributed by atoms with E-state index in [1.807, 2.05) is 33.2 Å². The van der Waals surface area contributed by atoms with Crippen molar-refractivity contribution in [2.75, 3.05) is 32.8 Å². The number of rotatable bonds is 5. The summed E-state index contributed by atoms with van der Waals surface area (Å²) < 4.78 is 10.9. The largest absolute Gasteiger partial charge is 0.444 e. The molecule has 0 aliphatic carbocycles. The van der Waals surface area contributed by atoms with E-state index >= 15 is 0 Å². The molecule has 1 N–H and O–H groups in total. The van der Waals surface area contributed by atoms with Crippen LogP contribution < -0.4 is 5.32 Å². The van der Waals surface area contributed by atoms with Gasteiger partial charge < -0.3 is 14.8 Å². The lowest BCUT2D eigenvalue weighted by Gasteiger charge is -2.31. The molecule has 1 fully saturated rings. The lowest BCUT2D eigenvalue weighted by Crippen LogP contribution is -2.44. The van der Waals surface area contributed by atoms with E-state index in [-0.39, 0.29) is 6.04 Å². The zero-order valence-corrected chi connectivity index (χ0v) is 17.8. The summed E-state index contributed by atoms with van der Waals surface area (Å²) in [4.78, 5) is 20.2. The Labute approximate surface area is 170 Å². The molecule has 0 bridgehead atoms. The molecule has 0 radical (unpaired) electrons. The molecule has 0 spiro atoms. The first-order chi connectivity index (χ1) is 13.3. The molecular weight excluding hydrogens is 374 g/mol. The molecule has 1 amide bonds. The number of ether oxygens (including phenoxy) is 2. The number of aromatic nitrogens is 1. The Balaban J connectivity index is 1.76. The maximum atomic E-state index is 12.4. The summed E-state index contributed by atoms with van der Waals surface area (Å²) in [5.41, 5.74) is 4.58. The van der Waals surface area contributed by atoms with Crippen LogP contribution in [0.1, 0.15) is 38.1 Å². The van der Waals surface area contributed by atoms with E-state index in [0.717, 1.165) is 49.7 Å². The van der Waals surface area contributed by atoms with Crippen LogP contribution in [0.2, 0.25) is 0 Å². The van der Waals surface area contributed by atoms with Crippen LogP contribution in [0.15, 0.2) is 29.8 Å². The topological polar surface area (TPSA) is 63.7 Å². The lowest BCUT2D eigenvalue weighted by atomic mass is 10.0. The van der Waals surface area contributed by atoms with Crippen molar-refractivity contribution in [2.24, 2.45) is 0 Å². The number of nitrogens with zero attached hydrogens (tertiary/aromatic N) is 2. The zero-order valence-electron chi connectivity index (χ0n) is 17.0. The van der Waals surface area contributed by atoms with Gasteiger partial charge in [0.05, 0.1) is 35.3 Å². The van der Waals surface area contributed by atoms with E-state index in [1.54, 1.807) is 11.3 Å². The fourth-order valence-electron chi connectivity index (χ4n) is 3.17.